The van der Waals surface area contributed by atoms with Crippen molar-refractivity contribution in [1.82, 2.24) is 5.43 Å². The number of ether oxygens (including phenoxy) is 1. The quantitative estimate of drug-likeness (QED) is 0.329. The van der Waals surface area contributed by atoms with Crippen LogP contribution in [0.1, 0.15) is 21.7 Å². The van der Waals surface area contributed by atoms with E-state index in [2.05, 4.69) is 10.5 Å². The van der Waals surface area contributed by atoms with E-state index >= 15 is 0 Å². The molecule has 0 saturated heterocycles. The van der Waals surface area contributed by atoms with Gasteiger partial charge in [-0.05, 0) is 24.3 Å². The monoisotopic (exact) mass is 352 g/mol. The topological polar surface area (TPSA) is 105 Å². The van der Waals surface area contributed by atoms with E-state index in [0.29, 0.717) is 20.8 Å². The average molecular weight is 352 g/mol. The van der Waals surface area contributed by atoms with E-state index in [1.54, 1.807) is 48.5 Å². The largest absolute Gasteiger partial charge is 0.618 e. The zero-order chi connectivity index (χ0) is 18.7. The number of nitrogens with one attached hydrogen (secondary N) is 1. The number of aromatic nitrogens is 2. The number of fused-ring (bicyclic) bond motifs is 1. The van der Waals surface area contributed by atoms with Gasteiger partial charge in [0.05, 0.1) is 7.11 Å². The minimum absolute atomic E-state index is 0.0498. The first-order chi connectivity index (χ1) is 12.5. The lowest BCUT2D eigenvalue weighted by molar-refractivity contribution is -0.634. The van der Waals surface area contributed by atoms with Crippen LogP contribution in [0.15, 0.2) is 53.6 Å². The Kier molecular flexibility index (Phi) is 4.66. The highest BCUT2D eigenvalue weighted by Crippen LogP contribution is 2.11. The van der Waals surface area contributed by atoms with Crippen LogP contribution in [0, 0.1) is 17.3 Å². The molecule has 2 aromatic carbocycles. The molecule has 0 bridgehead atoms. The third kappa shape index (κ3) is 3.12. The van der Waals surface area contributed by atoms with Crippen LogP contribution in [0.2, 0.25) is 0 Å². The molecule has 0 radical (unpaired) electrons. The molecule has 26 heavy (non-hydrogen) atoms. The Labute approximate surface area is 149 Å². The molecule has 1 heterocycles. The predicted octanol–water partition coefficient (Wildman–Crippen LogP) is 1.19. The maximum atomic E-state index is 12.5. The lowest BCUT2D eigenvalue weighted by Gasteiger charge is -2.08. The number of benzene rings is 2. The van der Waals surface area contributed by atoms with Crippen LogP contribution in [0.5, 0.6) is 5.75 Å². The van der Waals surface area contributed by atoms with Gasteiger partial charge in [0.2, 0.25) is 0 Å². The molecule has 0 saturated carbocycles. The Morgan fingerprint density at radius 2 is 1.69 bits per heavy atom. The van der Waals surface area contributed by atoms with Gasteiger partial charge in [0, 0.05) is 24.6 Å². The highest BCUT2D eigenvalue weighted by Gasteiger charge is 2.23. The molecule has 8 heteroatoms. The Hall–Kier alpha value is -3.68. The Bertz CT molecular complexity index is 1000. The molecule has 3 rings (SSSR count). The summed E-state index contributed by atoms with van der Waals surface area (Å²) in [5.41, 5.74) is 3.43. The second kappa shape index (κ2) is 7.06. The standard InChI is InChI=1S/C18H16N4O4/c1-12-17(22(25)16-6-4-3-5-15(16)21(12)24)11-19-20-18(23)13-7-9-14(26-2)10-8-13/h3-11H,1-2H3,(H,20,23)/b19-11+. The average Bonchev–Trinajstić information content (AvgIpc) is 2.68. The van der Waals surface area contributed by atoms with Gasteiger partial charge in [0.1, 0.15) is 12.0 Å². The van der Waals surface area contributed by atoms with Crippen molar-refractivity contribution < 1.29 is 19.0 Å². The first kappa shape index (κ1) is 17.2. The molecule has 132 valence electrons. The summed E-state index contributed by atoms with van der Waals surface area (Å²) in [6.07, 6.45) is 1.16. The Balaban J connectivity index is 1.85. The van der Waals surface area contributed by atoms with Crippen LogP contribution >= 0.6 is 0 Å². The van der Waals surface area contributed by atoms with Gasteiger partial charge in [-0.25, -0.2) is 5.43 Å². The number of para-hydroxylation sites is 2. The van der Waals surface area contributed by atoms with E-state index in [-0.39, 0.29) is 22.4 Å². The van der Waals surface area contributed by atoms with Gasteiger partial charge >= 0.3 is 5.69 Å². The molecular formula is C18H16N4O4. The van der Waals surface area contributed by atoms with E-state index in [4.69, 9.17) is 4.74 Å². The third-order valence-electron chi connectivity index (χ3n) is 3.92. The number of carbonyl (C=O) groups is 1. The van der Waals surface area contributed by atoms with Crippen molar-refractivity contribution in [3.8, 4) is 5.75 Å². The minimum atomic E-state index is -0.449. The van der Waals surface area contributed by atoms with E-state index in [0.717, 1.165) is 6.21 Å². The van der Waals surface area contributed by atoms with Crippen molar-refractivity contribution in [2.75, 3.05) is 7.11 Å². The third-order valence-corrected chi connectivity index (χ3v) is 3.92. The summed E-state index contributed by atoms with van der Waals surface area (Å²) in [6, 6.07) is 12.9. The lowest BCUT2D eigenvalue weighted by Crippen LogP contribution is -2.44. The maximum Gasteiger partial charge on any atom is 0.305 e. The van der Waals surface area contributed by atoms with Crippen molar-refractivity contribution in [3.05, 3.63) is 75.9 Å². The van der Waals surface area contributed by atoms with E-state index in [9.17, 15) is 15.2 Å². The summed E-state index contributed by atoms with van der Waals surface area (Å²) in [4.78, 5) is 12.1. The molecule has 0 fully saturated rings. The predicted molar refractivity (Wildman–Crippen MR) is 94.7 cm³/mol. The molecule has 1 amide bonds. The second-order valence-corrected chi connectivity index (χ2v) is 5.48. The molecule has 1 N–H and O–H groups in total. The Morgan fingerprint density at radius 3 is 2.31 bits per heavy atom. The number of rotatable bonds is 4. The molecule has 0 aliphatic rings. The van der Waals surface area contributed by atoms with Crippen LogP contribution in [0.3, 0.4) is 0 Å². The molecule has 3 aromatic rings. The smallest absolute Gasteiger partial charge is 0.305 e. The molecule has 8 nitrogen and oxygen atoms in total. The van der Waals surface area contributed by atoms with Crippen LogP contribution in [-0.4, -0.2) is 19.2 Å². The minimum Gasteiger partial charge on any atom is -0.618 e. The fourth-order valence-corrected chi connectivity index (χ4v) is 2.47. The summed E-state index contributed by atoms with van der Waals surface area (Å²) in [7, 11) is 1.53. The van der Waals surface area contributed by atoms with Crippen LogP contribution < -0.4 is 19.6 Å². The lowest BCUT2D eigenvalue weighted by atomic mass is 10.2. The number of hydrogen-bond acceptors (Lipinski definition) is 5. The highest BCUT2D eigenvalue weighted by molar-refractivity contribution is 5.94. The second-order valence-electron chi connectivity index (χ2n) is 5.48. The van der Waals surface area contributed by atoms with Crippen molar-refractivity contribution in [2.24, 2.45) is 5.10 Å². The summed E-state index contributed by atoms with van der Waals surface area (Å²) >= 11 is 0. The van der Waals surface area contributed by atoms with Crippen molar-refractivity contribution in [3.63, 3.8) is 0 Å². The number of hydrogen-bond donors (Lipinski definition) is 1. The number of amides is 1. The first-order valence-corrected chi connectivity index (χ1v) is 7.75. The van der Waals surface area contributed by atoms with Crippen molar-refractivity contribution in [1.29, 1.82) is 0 Å². The number of carbonyl (C=O) groups excluding carboxylic acids is 1. The molecule has 0 spiro atoms. The molecule has 0 atom stereocenters. The number of methoxy groups -OCH3 is 1. The van der Waals surface area contributed by atoms with Gasteiger partial charge in [0.15, 0.2) is 0 Å². The Morgan fingerprint density at radius 1 is 1.08 bits per heavy atom. The number of nitrogens with zero attached hydrogens (tertiary/aromatic N) is 3. The van der Waals surface area contributed by atoms with Crippen LogP contribution in [-0.2, 0) is 0 Å². The molecule has 1 aromatic heterocycles. The summed E-state index contributed by atoms with van der Waals surface area (Å²) in [6.45, 7) is 1.51. The normalized spacial score (nSPS) is 11.0. The summed E-state index contributed by atoms with van der Waals surface area (Å²) < 4.78 is 6.31. The van der Waals surface area contributed by atoms with Crippen molar-refractivity contribution >= 4 is 23.2 Å². The van der Waals surface area contributed by atoms with Crippen LogP contribution in [0.4, 0.5) is 0 Å². The van der Waals surface area contributed by atoms with E-state index in [1.165, 1.54) is 14.0 Å². The zero-order valence-corrected chi connectivity index (χ0v) is 14.2. The highest BCUT2D eigenvalue weighted by atomic mass is 16.5. The van der Waals surface area contributed by atoms with Gasteiger partial charge in [0.25, 0.3) is 22.6 Å². The first-order valence-electron chi connectivity index (χ1n) is 7.75. The van der Waals surface area contributed by atoms with E-state index in [1.807, 2.05) is 0 Å². The van der Waals surface area contributed by atoms with Gasteiger partial charge in [-0.1, -0.05) is 12.1 Å². The zero-order valence-electron chi connectivity index (χ0n) is 14.2. The van der Waals surface area contributed by atoms with Gasteiger partial charge in [-0.2, -0.15) is 14.6 Å². The van der Waals surface area contributed by atoms with Gasteiger partial charge in [-0.15, -0.1) is 0 Å². The summed E-state index contributed by atoms with van der Waals surface area (Å²) in [5.74, 6) is 0.180. The van der Waals surface area contributed by atoms with Gasteiger partial charge < -0.3 is 15.2 Å². The summed E-state index contributed by atoms with van der Waals surface area (Å²) in [5, 5.41) is 28.5. The molecule has 0 aliphatic heterocycles. The molecule has 0 aliphatic carbocycles. The number of hydrazone groups is 1. The van der Waals surface area contributed by atoms with Crippen LogP contribution in [0.25, 0.3) is 11.0 Å². The fraction of sp³-hybridized carbons (Fsp3) is 0.111. The van der Waals surface area contributed by atoms with Crippen molar-refractivity contribution in [2.45, 2.75) is 6.92 Å². The fourth-order valence-electron chi connectivity index (χ4n) is 2.47. The van der Waals surface area contributed by atoms with Gasteiger partial charge in [-0.3, -0.25) is 4.79 Å². The molecular weight excluding hydrogens is 336 g/mol. The molecule has 0 unspecified atom stereocenters. The SMILES string of the molecule is COc1ccc(C(=O)N/N=C/c2c(C)[n+]([O-])c3ccccc3[n+]2[O-])cc1. The maximum absolute atomic E-state index is 12.5. The van der Waals surface area contributed by atoms with E-state index < -0.39 is 5.91 Å².